The molecule has 1 aliphatic heterocycles. The average molecular weight is 252 g/mol. The molecule has 0 unspecified atom stereocenters. The highest BCUT2D eigenvalue weighted by Crippen LogP contribution is 2.13. The standard InChI is InChI=1S/C13H20N2OS/c1-15(9-11-4-2-6-14-8-11)10-12(16)13-5-3-7-17-13/h3,5,7,11,14H,2,4,6,8-10H2,1H3/t11-/m0/s1. The second-order valence-corrected chi connectivity index (χ2v) is 5.76. The summed E-state index contributed by atoms with van der Waals surface area (Å²) >= 11 is 1.53. The molecule has 1 aliphatic rings. The van der Waals surface area contributed by atoms with Crippen molar-refractivity contribution in [2.45, 2.75) is 12.8 Å². The van der Waals surface area contributed by atoms with E-state index < -0.39 is 0 Å². The molecule has 0 aromatic carbocycles. The molecule has 0 aliphatic carbocycles. The summed E-state index contributed by atoms with van der Waals surface area (Å²) in [7, 11) is 2.04. The summed E-state index contributed by atoms with van der Waals surface area (Å²) in [5.74, 6) is 0.941. The van der Waals surface area contributed by atoms with Crippen molar-refractivity contribution < 1.29 is 4.79 Å². The quantitative estimate of drug-likeness (QED) is 0.812. The lowest BCUT2D eigenvalue weighted by molar-refractivity contribution is 0.0938. The molecule has 0 radical (unpaired) electrons. The van der Waals surface area contributed by atoms with Gasteiger partial charge in [0.2, 0.25) is 0 Å². The Morgan fingerprint density at radius 3 is 3.18 bits per heavy atom. The Morgan fingerprint density at radius 2 is 2.53 bits per heavy atom. The van der Waals surface area contributed by atoms with E-state index in [1.165, 1.54) is 24.2 Å². The maximum Gasteiger partial charge on any atom is 0.186 e. The summed E-state index contributed by atoms with van der Waals surface area (Å²) in [6, 6.07) is 3.84. The number of nitrogens with one attached hydrogen (secondary N) is 1. The fourth-order valence-corrected chi connectivity index (χ4v) is 3.00. The predicted octanol–water partition coefficient (Wildman–Crippen LogP) is 1.86. The van der Waals surface area contributed by atoms with Crippen molar-refractivity contribution in [3.63, 3.8) is 0 Å². The van der Waals surface area contributed by atoms with Crippen molar-refractivity contribution in [1.29, 1.82) is 0 Å². The lowest BCUT2D eigenvalue weighted by Gasteiger charge is -2.27. The second kappa shape index (κ2) is 6.28. The van der Waals surface area contributed by atoms with Crippen LogP contribution in [0, 0.1) is 5.92 Å². The zero-order valence-electron chi connectivity index (χ0n) is 10.3. The highest BCUT2D eigenvalue weighted by Gasteiger charge is 2.17. The van der Waals surface area contributed by atoms with Crippen LogP contribution in [0.2, 0.25) is 0 Å². The third-order valence-corrected chi connectivity index (χ3v) is 4.09. The van der Waals surface area contributed by atoms with Gasteiger partial charge in [-0.2, -0.15) is 0 Å². The van der Waals surface area contributed by atoms with Crippen molar-refractivity contribution in [1.82, 2.24) is 10.2 Å². The second-order valence-electron chi connectivity index (χ2n) is 4.81. The van der Waals surface area contributed by atoms with E-state index in [0.29, 0.717) is 12.5 Å². The third kappa shape index (κ3) is 3.91. The van der Waals surface area contributed by atoms with E-state index >= 15 is 0 Å². The Kier molecular flexibility index (Phi) is 4.71. The van der Waals surface area contributed by atoms with Gasteiger partial charge < -0.3 is 5.32 Å². The molecule has 1 atom stereocenters. The third-order valence-electron chi connectivity index (χ3n) is 3.18. The molecular formula is C13H20N2OS. The maximum atomic E-state index is 11.9. The normalized spacial score (nSPS) is 20.7. The molecule has 0 amide bonds. The van der Waals surface area contributed by atoms with Gasteiger partial charge in [0.05, 0.1) is 11.4 Å². The Hall–Kier alpha value is -0.710. The number of rotatable bonds is 5. The van der Waals surface area contributed by atoms with E-state index in [-0.39, 0.29) is 5.78 Å². The molecule has 2 heterocycles. The molecule has 0 saturated carbocycles. The van der Waals surface area contributed by atoms with Crippen molar-refractivity contribution in [2.75, 3.05) is 33.2 Å². The van der Waals surface area contributed by atoms with Crippen molar-refractivity contribution in [3.8, 4) is 0 Å². The number of ketones is 1. The van der Waals surface area contributed by atoms with E-state index in [1.807, 2.05) is 24.6 Å². The van der Waals surface area contributed by atoms with Crippen molar-refractivity contribution >= 4 is 17.1 Å². The number of piperidine rings is 1. The van der Waals surface area contributed by atoms with E-state index in [2.05, 4.69) is 10.2 Å². The fraction of sp³-hybridized carbons (Fsp3) is 0.615. The first-order valence-electron chi connectivity index (χ1n) is 6.21. The first-order chi connectivity index (χ1) is 8.25. The molecule has 0 bridgehead atoms. The summed E-state index contributed by atoms with van der Waals surface area (Å²) in [6.07, 6.45) is 2.54. The van der Waals surface area contributed by atoms with Crippen LogP contribution in [0.1, 0.15) is 22.5 Å². The zero-order chi connectivity index (χ0) is 12.1. The molecule has 94 valence electrons. The smallest absolute Gasteiger partial charge is 0.186 e. The minimum atomic E-state index is 0.242. The van der Waals surface area contributed by atoms with Crippen LogP contribution in [0.4, 0.5) is 0 Å². The molecule has 2 rings (SSSR count). The van der Waals surface area contributed by atoms with Gasteiger partial charge in [0.1, 0.15) is 0 Å². The number of likely N-dealkylation sites (N-methyl/N-ethyl adjacent to an activating group) is 1. The van der Waals surface area contributed by atoms with Gasteiger partial charge >= 0.3 is 0 Å². The number of carbonyl (C=O) groups excluding carboxylic acids is 1. The fourth-order valence-electron chi connectivity index (χ4n) is 2.35. The maximum absolute atomic E-state index is 11.9. The van der Waals surface area contributed by atoms with Crippen LogP contribution >= 0.6 is 11.3 Å². The summed E-state index contributed by atoms with van der Waals surface area (Å²) < 4.78 is 0. The van der Waals surface area contributed by atoms with Gasteiger partial charge in [-0.05, 0) is 50.3 Å². The number of thiophene rings is 1. The van der Waals surface area contributed by atoms with Crippen LogP contribution in [0.15, 0.2) is 17.5 Å². The molecule has 1 N–H and O–H groups in total. The number of nitrogens with zero attached hydrogens (tertiary/aromatic N) is 1. The van der Waals surface area contributed by atoms with E-state index in [4.69, 9.17) is 0 Å². The Labute approximate surface area is 107 Å². The molecule has 0 spiro atoms. The lowest BCUT2D eigenvalue weighted by atomic mass is 9.99. The number of Topliss-reactive ketones (excluding diaryl/α,β-unsaturated/α-hetero) is 1. The van der Waals surface area contributed by atoms with Crippen LogP contribution in [-0.4, -0.2) is 43.9 Å². The van der Waals surface area contributed by atoms with E-state index in [9.17, 15) is 4.79 Å². The first-order valence-corrected chi connectivity index (χ1v) is 7.09. The zero-order valence-corrected chi connectivity index (χ0v) is 11.1. The summed E-state index contributed by atoms with van der Waals surface area (Å²) in [4.78, 5) is 14.9. The molecule has 1 fully saturated rings. The molecule has 1 aromatic heterocycles. The van der Waals surface area contributed by atoms with Gasteiger partial charge in [-0.1, -0.05) is 6.07 Å². The minimum Gasteiger partial charge on any atom is -0.316 e. The van der Waals surface area contributed by atoms with Crippen LogP contribution in [0.5, 0.6) is 0 Å². The van der Waals surface area contributed by atoms with Gasteiger partial charge in [0, 0.05) is 6.54 Å². The van der Waals surface area contributed by atoms with Gasteiger partial charge in [-0.3, -0.25) is 9.69 Å². The molecule has 4 heteroatoms. The Morgan fingerprint density at radius 1 is 1.65 bits per heavy atom. The monoisotopic (exact) mass is 252 g/mol. The summed E-state index contributed by atoms with van der Waals surface area (Å²) in [5, 5.41) is 5.37. The molecule has 1 aromatic rings. The minimum absolute atomic E-state index is 0.242. The van der Waals surface area contributed by atoms with E-state index in [0.717, 1.165) is 24.5 Å². The van der Waals surface area contributed by atoms with Crippen LogP contribution in [-0.2, 0) is 0 Å². The van der Waals surface area contributed by atoms with Gasteiger partial charge in [0.25, 0.3) is 0 Å². The molecular weight excluding hydrogens is 232 g/mol. The summed E-state index contributed by atoms with van der Waals surface area (Å²) in [5.41, 5.74) is 0. The highest BCUT2D eigenvalue weighted by atomic mass is 32.1. The Balaban J connectivity index is 1.76. The average Bonchev–Trinajstić information content (AvgIpc) is 2.83. The van der Waals surface area contributed by atoms with Gasteiger partial charge in [-0.15, -0.1) is 11.3 Å². The van der Waals surface area contributed by atoms with Crippen LogP contribution in [0.3, 0.4) is 0 Å². The van der Waals surface area contributed by atoms with E-state index in [1.54, 1.807) is 0 Å². The van der Waals surface area contributed by atoms with Gasteiger partial charge in [-0.25, -0.2) is 0 Å². The largest absolute Gasteiger partial charge is 0.316 e. The molecule has 17 heavy (non-hydrogen) atoms. The molecule has 1 saturated heterocycles. The predicted molar refractivity (Wildman–Crippen MR) is 71.7 cm³/mol. The highest BCUT2D eigenvalue weighted by molar-refractivity contribution is 7.12. The number of carbonyl (C=O) groups is 1. The molecule has 3 nitrogen and oxygen atoms in total. The Bertz CT molecular complexity index is 344. The lowest BCUT2D eigenvalue weighted by Crippen LogP contribution is -2.38. The van der Waals surface area contributed by atoms with Crippen molar-refractivity contribution in [2.24, 2.45) is 5.92 Å². The number of hydrogen-bond acceptors (Lipinski definition) is 4. The van der Waals surface area contributed by atoms with Crippen molar-refractivity contribution in [3.05, 3.63) is 22.4 Å². The topological polar surface area (TPSA) is 32.3 Å². The van der Waals surface area contributed by atoms with Crippen LogP contribution in [0.25, 0.3) is 0 Å². The number of hydrogen-bond donors (Lipinski definition) is 1. The van der Waals surface area contributed by atoms with Gasteiger partial charge in [0.15, 0.2) is 5.78 Å². The summed E-state index contributed by atoms with van der Waals surface area (Å²) in [6.45, 7) is 3.80. The first kappa shape index (κ1) is 12.7. The SMILES string of the molecule is CN(CC(=O)c1cccs1)C[C@H]1CCCNC1. The van der Waals surface area contributed by atoms with Crippen LogP contribution < -0.4 is 5.32 Å².